The van der Waals surface area contributed by atoms with Crippen LogP contribution in [0.2, 0.25) is 0 Å². The number of carboxylic acids is 1. The lowest BCUT2D eigenvalue weighted by Crippen LogP contribution is -2.42. The number of aliphatic carboxylic acids is 1. The first kappa shape index (κ1) is 14.7. The minimum Gasteiger partial charge on any atom is -0.480 e. The number of carboxylic acid groups (broad SMARTS) is 1. The Balaban J connectivity index is 2.65. The average Bonchev–Trinajstić information content (AvgIpc) is 2.35. The molecule has 0 aliphatic rings. The SMILES string of the molecule is C=CCOC(=O)NC(Cc1cccc(F)c1)C(=O)O. The zero-order valence-corrected chi connectivity index (χ0v) is 10.1. The molecule has 0 heterocycles. The number of ether oxygens (including phenoxy) is 1. The Morgan fingerprint density at radius 1 is 1.53 bits per heavy atom. The maximum atomic E-state index is 13.0. The Morgan fingerprint density at radius 2 is 2.26 bits per heavy atom. The maximum Gasteiger partial charge on any atom is 0.408 e. The Bertz CT molecular complexity index is 475. The van der Waals surface area contributed by atoms with Crippen LogP contribution in [0.5, 0.6) is 0 Å². The first-order valence-electron chi connectivity index (χ1n) is 5.54. The van der Waals surface area contributed by atoms with Crippen LogP contribution in [0.1, 0.15) is 5.56 Å². The summed E-state index contributed by atoms with van der Waals surface area (Å²) < 4.78 is 17.6. The van der Waals surface area contributed by atoms with Crippen molar-refractivity contribution in [2.45, 2.75) is 12.5 Å². The molecule has 0 saturated carbocycles. The molecule has 0 aliphatic carbocycles. The molecule has 6 heteroatoms. The van der Waals surface area contributed by atoms with E-state index in [0.717, 1.165) is 0 Å². The van der Waals surface area contributed by atoms with Crippen LogP contribution in [0, 0.1) is 5.82 Å². The monoisotopic (exact) mass is 267 g/mol. The van der Waals surface area contributed by atoms with E-state index >= 15 is 0 Å². The number of hydrogen-bond acceptors (Lipinski definition) is 3. The van der Waals surface area contributed by atoms with Crippen molar-refractivity contribution in [3.63, 3.8) is 0 Å². The standard InChI is InChI=1S/C13H14FNO4/c1-2-6-19-13(18)15-11(12(16)17)8-9-4-3-5-10(14)7-9/h2-5,7,11H,1,6,8H2,(H,15,18)(H,16,17). The first-order chi connectivity index (χ1) is 9.02. The second kappa shape index (κ2) is 7.15. The fraction of sp³-hybridized carbons (Fsp3) is 0.231. The molecule has 1 atom stereocenters. The van der Waals surface area contributed by atoms with Gasteiger partial charge in [-0.05, 0) is 17.7 Å². The quantitative estimate of drug-likeness (QED) is 0.770. The molecular formula is C13H14FNO4. The number of nitrogens with one attached hydrogen (secondary N) is 1. The summed E-state index contributed by atoms with van der Waals surface area (Å²) in [7, 11) is 0. The molecule has 1 aromatic rings. The summed E-state index contributed by atoms with van der Waals surface area (Å²) >= 11 is 0. The molecule has 102 valence electrons. The number of hydrogen-bond donors (Lipinski definition) is 2. The minimum absolute atomic E-state index is 0.0157. The van der Waals surface area contributed by atoms with E-state index in [1.54, 1.807) is 6.07 Å². The van der Waals surface area contributed by atoms with Gasteiger partial charge < -0.3 is 15.2 Å². The summed E-state index contributed by atoms with van der Waals surface area (Å²) in [4.78, 5) is 22.3. The van der Waals surface area contributed by atoms with Gasteiger partial charge in [0.05, 0.1) is 0 Å². The van der Waals surface area contributed by atoms with E-state index in [1.165, 1.54) is 24.3 Å². The number of halogens is 1. The lowest BCUT2D eigenvalue weighted by molar-refractivity contribution is -0.139. The summed E-state index contributed by atoms with van der Waals surface area (Å²) in [5.41, 5.74) is 0.469. The predicted molar refractivity (Wildman–Crippen MR) is 66.2 cm³/mol. The highest BCUT2D eigenvalue weighted by molar-refractivity contribution is 5.80. The van der Waals surface area contributed by atoms with Crippen molar-refractivity contribution in [2.75, 3.05) is 6.61 Å². The van der Waals surface area contributed by atoms with Crippen LogP contribution < -0.4 is 5.32 Å². The Hall–Kier alpha value is -2.37. The highest BCUT2D eigenvalue weighted by Crippen LogP contribution is 2.07. The van der Waals surface area contributed by atoms with Gasteiger partial charge in [0.2, 0.25) is 0 Å². The average molecular weight is 267 g/mol. The summed E-state index contributed by atoms with van der Waals surface area (Å²) in [6.45, 7) is 3.35. The van der Waals surface area contributed by atoms with Gasteiger partial charge in [-0.15, -0.1) is 0 Å². The smallest absolute Gasteiger partial charge is 0.408 e. The molecule has 0 fully saturated rings. The second-order valence-corrected chi connectivity index (χ2v) is 3.76. The lowest BCUT2D eigenvalue weighted by atomic mass is 10.1. The normalized spacial score (nSPS) is 11.4. The number of rotatable bonds is 6. The Morgan fingerprint density at radius 3 is 2.84 bits per heavy atom. The van der Waals surface area contributed by atoms with E-state index < -0.39 is 23.9 Å². The number of benzene rings is 1. The maximum absolute atomic E-state index is 13.0. The highest BCUT2D eigenvalue weighted by Gasteiger charge is 2.21. The topological polar surface area (TPSA) is 75.6 Å². The summed E-state index contributed by atoms with van der Waals surface area (Å²) in [5.74, 6) is -1.68. The molecule has 19 heavy (non-hydrogen) atoms. The van der Waals surface area contributed by atoms with Crippen molar-refractivity contribution in [2.24, 2.45) is 0 Å². The molecule has 5 nitrogen and oxygen atoms in total. The number of alkyl carbamates (subject to hydrolysis) is 1. The van der Waals surface area contributed by atoms with Gasteiger partial charge in [0.15, 0.2) is 0 Å². The first-order valence-corrected chi connectivity index (χ1v) is 5.54. The minimum atomic E-state index is -1.22. The van der Waals surface area contributed by atoms with E-state index in [-0.39, 0.29) is 13.0 Å². The van der Waals surface area contributed by atoms with Crippen LogP contribution in [0.4, 0.5) is 9.18 Å². The van der Waals surface area contributed by atoms with Crippen molar-refractivity contribution < 1.29 is 23.8 Å². The van der Waals surface area contributed by atoms with Crippen molar-refractivity contribution in [3.8, 4) is 0 Å². The van der Waals surface area contributed by atoms with Gasteiger partial charge in [-0.25, -0.2) is 14.0 Å². The van der Waals surface area contributed by atoms with Crippen LogP contribution in [0.25, 0.3) is 0 Å². The molecule has 2 N–H and O–H groups in total. The van der Waals surface area contributed by atoms with Crippen LogP contribution in [0.3, 0.4) is 0 Å². The van der Waals surface area contributed by atoms with Crippen molar-refractivity contribution >= 4 is 12.1 Å². The molecule has 0 bridgehead atoms. The fourth-order valence-corrected chi connectivity index (χ4v) is 1.42. The molecular weight excluding hydrogens is 253 g/mol. The van der Waals surface area contributed by atoms with Gasteiger partial charge in [-0.3, -0.25) is 0 Å². The van der Waals surface area contributed by atoms with Gasteiger partial charge in [0, 0.05) is 6.42 Å². The highest BCUT2D eigenvalue weighted by atomic mass is 19.1. The van der Waals surface area contributed by atoms with Gasteiger partial charge in [-0.2, -0.15) is 0 Å². The van der Waals surface area contributed by atoms with Gasteiger partial charge in [0.25, 0.3) is 0 Å². The molecule has 1 aromatic carbocycles. The number of carbonyl (C=O) groups is 2. The predicted octanol–water partition coefficient (Wildman–Crippen LogP) is 1.73. The summed E-state index contributed by atoms with van der Waals surface area (Å²) in [5, 5.41) is 11.2. The van der Waals surface area contributed by atoms with Crippen LogP contribution in [-0.2, 0) is 16.0 Å². The van der Waals surface area contributed by atoms with Gasteiger partial charge in [-0.1, -0.05) is 24.8 Å². The molecule has 1 rings (SSSR count). The Kier molecular flexibility index (Phi) is 5.53. The van der Waals surface area contributed by atoms with E-state index in [2.05, 4.69) is 16.6 Å². The Labute approximate surface area is 109 Å². The van der Waals surface area contributed by atoms with E-state index in [0.29, 0.717) is 5.56 Å². The molecule has 0 saturated heterocycles. The van der Waals surface area contributed by atoms with Gasteiger partial charge in [0.1, 0.15) is 18.5 Å². The third-order valence-electron chi connectivity index (χ3n) is 2.25. The third kappa shape index (κ3) is 5.20. The molecule has 0 aromatic heterocycles. The molecule has 0 radical (unpaired) electrons. The van der Waals surface area contributed by atoms with Crippen molar-refractivity contribution in [3.05, 3.63) is 48.3 Å². The molecule has 1 unspecified atom stereocenters. The fourth-order valence-electron chi connectivity index (χ4n) is 1.42. The molecule has 0 aliphatic heterocycles. The number of carbonyl (C=O) groups excluding carboxylic acids is 1. The van der Waals surface area contributed by atoms with Crippen LogP contribution in [-0.4, -0.2) is 29.8 Å². The van der Waals surface area contributed by atoms with Crippen molar-refractivity contribution in [1.29, 1.82) is 0 Å². The van der Waals surface area contributed by atoms with E-state index in [4.69, 9.17) is 5.11 Å². The van der Waals surface area contributed by atoms with Crippen molar-refractivity contribution in [1.82, 2.24) is 5.32 Å². The zero-order valence-electron chi connectivity index (χ0n) is 10.1. The molecule has 1 amide bonds. The second-order valence-electron chi connectivity index (χ2n) is 3.76. The van der Waals surface area contributed by atoms with E-state index in [1.807, 2.05) is 0 Å². The largest absolute Gasteiger partial charge is 0.480 e. The summed E-state index contributed by atoms with van der Waals surface area (Å²) in [6, 6.07) is 4.34. The van der Waals surface area contributed by atoms with Crippen LogP contribution >= 0.6 is 0 Å². The van der Waals surface area contributed by atoms with Crippen LogP contribution in [0.15, 0.2) is 36.9 Å². The van der Waals surface area contributed by atoms with Gasteiger partial charge >= 0.3 is 12.1 Å². The zero-order chi connectivity index (χ0) is 14.3. The van der Waals surface area contributed by atoms with E-state index in [9.17, 15) is 14.0 Å². The molecule has 0 spiro atoms. The third-order valence-corrected chi connectivity index (χ3v) is 2.25. The lowest BCUT2D eigenvalue weighted by Gasteiger charge is -2.14. The summed E-state index contributed by atoms with van der Waals surface area (Å²) in [6.07, 6.45) is 0.474. The number of amides is 1.